The predicted molar refractivity (Wildman–Crippen MR) is 93.7 cm³/mol. The summed E-state index contributed by atoms with van der Waals surface area (Å²) in [5.41, 5.74) is 2.29. The number of para-hydroxylation sites is 1. The monoisotopic (exact) mass is 315 g/mol. The van der Waals surface area contributed by atoms with E-state index in [0.717, 1.165) is 31.5 Å². The standard InChI is InChI=1S/C20H29NO2/c1-14(2)17-11-10-15(3)13-19(17)23-20(22)21-12-6-8-16-7-4-5-9-18(16)21/h4-5,7,9,14-15,17,19H,6,8,10-13H2,1-3H3/t15-,17?,19-/m1/s1. The molecule has 0 aromatic heterocycles. The van der Waals surface area contributed by atoms with Gasteiger partial charge in [-0.25, -0.2) is 4.79 Å². The summed E-state index contributed by atoms with van der Waals surface area (Å²) in [6, 6.07) is 8.21. The number of nitrogens with zero attached hydrogens (tertiary/aromatic N) is 1. The van der Waals surface area contributed by atoms with Crippen LogP contribution in [0, 0.1) is 17.8 Å². The Morgan fingerprint density at radius 2 is 2.04 bits per heavy atom. The van der Waals surface area contributed by atoms with E-state index in [4.69, 9.17) is 4.74 Å². The number of hydrogen-bond donors (Lipinski definition) is 0. The molecule has 3 heteroatoms. The van der Waals surface area contributed by atoms with Gasteiger partial charge in [-0.2, -0.15) is 0 Å². The smallest absolute Gasteiger partial charge is 0.414 e. The Bertz CT molecular complexity index is 554. The van der Waals surface area contributed by atoms with Gasteiger partial charge in [0.25, 0.3) is 0 Å². The van der Waals surface area contributed by atoms with E-state index in [1.165, 1.54) is 18.4 Å². The summed E-state index contributed by atoms with van der Waals surface area (Å²) < 4.78 is 6.02. The molecule has 3 nitrogen and oxygen atoms in total. The molecule has 0 saturated heterocycles. The summed E-state index contributed by atoms with van der Waals surface area (Å²) in [4.78, 5) is 14.7. The van der Waals surface area contributed by atoms with Crippen molar-refractivity contribution in [1.82, 2.24) is 0 Å². The molecular formula is C20H29NO2. The van der Waals surface area contributed by atoms with Crippen LogP contribution in [0.25, 0.3) is 0 Å². The number of aryl methyl sites for hydroxylation is 1. The quantitative estimate of drug-likeness (QED) is 0.765. The fraction of sp³-hybridized carbons (Fsp3) is 0.650. The molecule has 0 radical (unpaired) electrons. The normalized spacial score (nSPS) is 27.7. The van der Waals surface area contributed by atoms with Gasteiger partial charge in [0.15, 0.2) is 0 Å². The van der Waals surface area contributed by atoms with Crippen LogP contribution in [0.3, 0.4) is 0 Å². The van der Waals surface area contributed by atoms with E-state index in [2.05, 4.69) is 26.8 Å². The lowest BCUT2D eigenvalue weighted by Crippen LogP contribution is -2.42. The number of hydrogen-bond acceptors (Lipinski definition) is 2. The number of carbonyl (C=O) groups is 1. The maximum atomic E-state index is 12.8. The molecule has 1 aliphatic carbocycles. The zero-order valence-corrected chi connectivity index (χ0v) is 14.6. The van der Waals surface area contributed by atoms with Gasteiger partial charge in [0, 0.05) is 6.54 Å². The van der Waals surface area contributed by atoms with Gasteiger partial charge >= 0.3 is 6.09 Å². The molecule has 1 unspecified atom stereocenters. The summed E-state index contributed by atoms with van der Waals surface area (Å²) in [5.74, 6) is 1.71. The molecule has 0 spiro atoms. The van der Waals surface area contributed by atoms with Crippen LogP contribution in [0.1, 0.15) is 52.0 Å². The van der Waals surface area contributed by atoms with E-state index in [1.54, 1.807) is 0 Å². The zero-order chi connectivity index (χ0) is 16.4. The van der Waals surface area contributed by atoms with Crippen molar-refractivity contribution in [2.45, 2.75) is 59.0 Å². The van der Waals surface area contributed by atoms with Crippen LogP contribution in [0.4, 0.5) is 10.5 Å². The molecule has 3 rings (SSSR count). The molecule has 1 amide bonds. The Morgan fingerprint density at radius 1 is 1.26 bits per heavy atom. The lowest BCUT2D eigenvalue weighted by molar-refractivity contribution is 0.00927. The molecule has 2 aliphatic rings. The molecule has 0 N–H and O–H groups in total. The van der Waals surface area contributed by atoms with E-state index in [0.29, 0.717) is 17.8 Å². The second kappa shape index (κ2) is 6.94. The molecular weight excluding hydrogens is 286 g/mol. The summed E-state index contributed by atoms with van der Waals surface area (Å²) in [7, 11) is 0. The van der Waals surface area contributed by atoms with Crippen molar-refractivity contribution in [2.24, 2.45) is 17.8 Å². The molecule has 23 heavy (non-hydrogen) atoms. The van der Waals surface area contributed by atoms with Gasteiger partial charge in [0.1, 0.15) is 6.10 Å². The van der Waals surface area contributed by atoms with Crippen molar-refractivity contribution in [3.05, 3.63) is 29.8 Å². The second-order valence-corrected chi connectivity index (χ2v) is 7.63. The number of rotatable bonds is 2. The van der Waals surface area contributed by atoms with Crippen molar-refractivity contribution >= 4 is 11.8 Å². The molecule has 1 heterocycles. The van der Waals surface area contributed by atoms with Crippen LogP contribution in [-0.2, 0) is 11.2 Å². The summed E-state index contributed by atoms with van der Waals surface area (Å²) >= 11 is 0. The maximum absolute atomic E-state index is 12.8. The first-order chi connectivity index (χ1) is 11.1. The lowest BCUT2D eigenvalue weighted by Gasteiger charge is -2.38. The fourth-order valence-electron chi connectivity index (χ4n) is 4.17. The molecule has 1 aliphatic heterocycles. The van der Waals surface area contributed by atoms with Crippen LogP contribution >= 0.6 is 0 Å². The molecule has 1 aromatic rings. The van der Waals surface area contributed by atoms with E-state index in [-0.39, 0.29) is 12.2 Å². The topological polar surface area (TPSA) is 29.5 Å². The van der Waals surface area contributed by atoms with Gasteiger partial charge < -0.3 is 4.74 Å². The van der Waals surface area contributed by atoms with Crippen molar-refractivity contribution in [2.75, 3.05) is 11.4 Å². The highest BCUT2D eigenvalue weighted by Gasteiger charge is 2.35. The highest BCUT2D eigenvalue weighted by molar-refractivity contribution is 5.89. The number of fused-ring (bicyclic) bond motifs is 1. The molecule has 1 aromatic carbocycles. The van der Waals surface area contributed by atoms with Crippen molar-refractivity contribution < 1.29 is 9.53 Å². The van der Waals surface area contributed by atoms with E-state index < -0.39 is 0 Å². The van der Waals surface area contributed by atoms with Crippen LogP contribution in [0.2, 0.25) is 0 Å². The van der Waals surface area contributed by atoms with E-state index >= 15 is 0 Å². The van der Waals surface area contributed by atoms with Crippen molar-refractivity contribution in [3.8, 4) is 0 Å². The number of benzene rings is 1. The first kappa shape index (κ1) is 16.4. The average molecular weight is 315 g/mol. The number of ether oxygens (including phenoxy) is 1. The van der Waals surface area contributed by atoms with Gasteiger partial charge in [-0.15, -0.1) is 0 Å². The van der Waals surface area contributed by atoms with Gasteiger partial charge in [-0.05, 0) is 55.1 Å². The largest absolute Gasteiger partial charge is 0.446 e. The predicted octanol–water partition coefficient (Wildman–Crippen LogP) is 5.04. The minimum atomic E-state index is -0.151. The first-order valence-electron chi connectivity index (χ1n) is 9.12. The Balaban J connectivity index is 1.73. The number of amides is 1. The van der Waals surface area contributed by atoms with Crippen LogP contribution < -0.4 is 4.90 Å². The Kier molecular flexibility index (Phi) is 4.93. The minimum Gasteiger partial charge on any atom is -0.446 e. The third-order valence-electron chi connectivity index (χ3n) is 5.54. The van der Waals surface area contributed by atoms with Crippen LogP contribution in [-0.4, -0.2) is 18.7 Å². The van der Waals surface area contributed by atoms with E-state index in [1.807, 2.05) is 23.1 Å². The highest BCUT2D eigenvalue weighted by atomic mass is 16.6. The third kappa shape index (κ3) is 3.54. The molecule has 1 fully saturated rings. The molecule has 3 atom stereocenters. The average Bonchev–Trinajstić information content (AvgIpc) is 2.54. The van der Waals surface area contributed by atoms with Gasteiger partial charge in [0.2, 0.25) is 0 Å². The third-order valence-corrected chi connectivity index (χ3v) is 5.54. The molecule has 126 valence electrons. The lowest BCUT2D eigenvalue weighted by atomic mass is 9.75. The first-order valence-corrected chi connectivity index (χ1v) is 9.12. The van der Waals surface area contributed by atoms with Crippen LogP contribution in [0.5, 0.6) is 0 Å². The van der Waals surface area contributed by atoms with E-state index in [9.17, 15) is 4.79 Å². The second-order valence-electron chi connectivity index (χ2n) is 7.63. The minimum absolute atomic E-state index is 0.0698. The van der Waals surface area contributed by atoms with Gasteiger partial charge in [0.05, 0.1) is 5.69 Å². The van der Waals surface area contributed by atoms with Gasteiger partial charge in [-0.3, -0.25) is 4.90 Å². The van der Waals surface area contributed by atoms with Gasteiger partial charge in [-0.1, -0.05) is 45.4 Å². The molecule has 1 saturated carbocycles. The maximum Gasteiger partial charge on any atom is 0.414 e. The molecule has 0 bridgehead atoms. The Labute approximate surface area is 140 Å². The van der Waals surface area contributed by atoms with Crippen molar-refractivity contribution in [3.63, 3.8) is 0 Å². The zero-order valence-electron chi connectivity index (χ0n) is 14.6. The van der Waals surface area contributed by atoms with Crippen molar-refractivity contribution in [1.29, 1.82) is 0 Å². The summed E-state index contributed by atoms with van der Waals surface area (Å²) in [5, 5.41) is 0. The fourth-order valence-corrected chi connectivity index (χ4v) is 4.17. The SMILES string of the molecule is CC(C)C1CC[C@@H](C)C[C@H]1OC(=O)N1CCCc2ccccc21. The Hall–Kier alpha value is -1.51. The number of anilines is 1. The number of carbonyl (C=O) groups excluding carboxylic acids is 1. The Morgan fingerprint density at radius 3 is 2.83 bits per heavy atom. The highest BCUT2D eigenvalue weighted by Crippen LogP contribution is 2.36. The van der Waals surface area contributed by atoms with Crippen LogP contribution in [0.15, 0.2) is 24.3 Å². The summed E-state index contributed by atoms with van der Waals surface area (Å²) in [6.45, 7) is 7.54. The summed E-state index contributed by atoms with van der Waals surface area (Å²) in [6.07, 6.45) is 5.42.